The largest absolute Gasteiger partial charge is 0.504 e. The third-order valence-electron chi connectivity index (χ3n) is 5.86. The molecule has 2 N–H and O–H groups in total. The van der Waals surface area contributed by atoms with Crippen molar-refractivity contribution < 1.29 is 28.6 Å². The molecule has 2 atom stereocenters. The highest BCUT2D eigenvalue weighted by atomic mass is 35.5. The first kappa shape index (κ1) is 24.5. The van der Waals surface area contributed by atoms with Crippen LogP contribution in [-0.2, 0) is 20.9 Å². The van der Waals surface area contributed by atoms with Crippen LogP contribution in [0.15, 0.2) is 60.7 Å². The number of methoxy groups -OCH3 is 1. The van der Waals surface area contributed by atoms with Crippen LogP contribution in [0.25, 0.3) is 0 Å². The summed E-state index contributed by atoms with van der Waals surface area (Å²) in [5, 5.41) is 13.4. The van der Waals surface area contributed by atoms with Gasteiger partial charge in [0, 0.05) is 41.0 Å². The Hall–Kier alpha value is -3.62. The molecule has 0 fully saturated rings. The minimum absolute atomic E-state index is 0.0259. The quantitative estimate of drug-likeness (QED) is 0.527. The second-order valence-corrected chi connectivity index (χ2v) is 8.51. The van der Waals surface area contributed by atoms with Gasteiger partial charge in [-0.15, -0.1) is 0 Å². The van der Waals surface area contributed by atoms with Gasteiger partial charge < -0.3 is 24.8 Å². The number of benzene rings is 3. The number of aromatic hydroxyl groups is 1. The fourth-order valence-electron chi connectivity index (χ4n) is 4.09. The molecule has 0 radical (unpaired) electrons. The molecule has 0 saturated heterocycles. The lowest BCUT2D eigenvalue weighted by Crippen LogP contribution is -2.40. The van der Waals surface area contributed by atoms with E-state index in [2.05, 4.69) is 5.32 Å². The normalized spacial score (nSPS) is 17.5. The number of amides is 2. The Morgan fingerprint density at radius 1 is 1.17 bits per heavy atom. The molecule has 1 heterocycles. The average Bonchev–Trinajstić information content (AvgIpc) is 2.93. The smallest absolute Gasteiger partial charge is 0.256 e. The summed E-state index contributed by atoms with van der Waals surface area (Å²) in [5.74, 6) is -1.26. The van der Waals surface area contributed by atoms with Crippen molar-refractivity contribution in [1.82, 2.24) is 5.32 Å². The van der Waals surface area contributed by atoms with E-state index in [1.807, 2.05) is 0 Å². The standard InChI is InChI=1S/C26H24ClFN2O5/c1-30-20-11-10-16(27)12-18(20)24(17-7-5-9-21(31)25(17)34-2)35-22(26(30)33)13-23(32)29-14-15-6-3-4-8-19(15)28/h3-12,22,24,31H,13-14H2,1-2H3,(H,29,32)/t22-,24-/m0/s1. The van der Waals surface area contributed by atoms with Crippen molar-refractivity contribution in [2.45, 2.75) is 25.2 Å². The highest BCUT2D eigenvalue weighted by Crippen LogP contribution is 2.44. The SMILES string of the molecule is COc1c(O)cccc1[C@@H]1O[C@@H](CC(=O)NCc2ccccc2F)C(=O)N(C)c2ccc(Cl)cc21. The summed E-state index contributed by atoms with van der Waals surface area (Å²) < 4.78 is 25.6. The van der Waals surface area contributed by atoms with E-state index >= 15 is 0 Å². The van der Waals surface area contributed by atoms with Crippen LogP contribution in [-0.4, -0.2) is 37.2 Å². The van der Waals surface area contributed by atoms with Crippen molar-refractivity contribution in [3.63, 3.8) is 0 Å². The number of halogens is 2. The molecule has 1 aliphatic heterocycles. The van der Waals surface area contributed by atoms with Crippen molar-refractivity contribution in [2.24, 2.45) is 0 Å². The molecule has 3 aromatic rings. The van der Waals surface area contributed by atoms with E-state index in [-0.39, 0.29) is 24.5 Å². The number of para-hydroxylation sites is 1. The number of phenolic OH excluding ortho intramolecular Hbond substituents is 1. The Labute approximate surface area is 207 Å². The molecule has 4 rings (SSSR count). The number of nitrogens with one attached hydrogen (secondary N) is 1. The Balaban J connectivity index is 1.66. The second kappa shape index (κ2) is 10.3. The van der Waals surface area contributed by atoms with Crippen molar-refractivity contribution in [3.8, 4) is 11.5 Å². The first-order chi connectivity index (χ1) is 16.8. The maximum Gasteiger partial charge on any atom is 0.256 e. The molecule has 182 valence electrons. The number of hydrogen-bond donors (Lipinski definition) is 2. The lowest BCUT2D eigenvalue weighted by atomic mass is 9.98. The zero-order valence-corrected chi connectivity index (χ0v) is 19.9. The summed E-state index contributed by atoms with van der Waals surface area (Å²) in [6, 6.07) is 16.0. The van der Waals surface area contributed by atoms with E-state index < -0.39 is 29.8 Å². The Morgan fingerprint density at radius 3 is 2.69 bits per heavy atom. The van der Waals surface area contributed by atoms with E-state index in [0.717, 1.165) is 0 Å². The van der Waals surface area contributed by atoms with Gasteiger partial charge in [0.15, 0.2) is 11.5 Å². The number of hydrogen-bond acceptors (Lipinski definition) is 5. The van der Waals surface area contributed by atoms with E-state index in [9.17, 15) is 19.1 Å². The van der Waals surface area contributed by atoms with Gasteiger partial charge in [0.25, 0.3) is 5.91 Å². The van der Waals surface area contributed by atoms with Gasteiger partial charge in [0.05, 0.1) is 13.5 Å². The zero-order valence-electron chi connectivity index (χ0n) is 19.1. The summed E-state index contributed by atoms with van der Waals surface area (Å²) in [5.41, 5.74) is 1.92. The van der Waals surface area contributed by atoms with Gasteiger partial charge in [-0.05, 0) is 30.3 Å². The Morgan fingerprint density at radius 2 is 1.94 bits per heavy atom. The third-order valence-corrected chi connectivity index (χ3v) is 6.09. The number of nitrogens with zero attached hydrogens (tertiary/aromatic N) is 1. The maximum absolute atomic E-state index is 13.9. The number of anilines is 1. The maximum atomic E-state index is 13.9. The summed E-state index contributed by atoms with van der Waals surface area (Å²) in [6.45, 7) is -0.0259. The molecule has 0 bridgehead atoms. The minimum Gasteiger partial charge on any atom is -0.504 e. The average molecular weight is 499 g/mol. The first-order valence-corrected chi connectivity index (χ1v) is 11.3. The second-order valence-electron chi connectivity index (χ2n) is 8.08. The van der Waals surface area contributed by atoms with Crippen LogP contribution < -0.4 is 15.0 Å². The highest BCUT2D eigenvalue weighted by molar-refractivity contribution is 6.30. The molecule has 35 heavy (non-hydrogen) atoms. The molecule has 0 unspecified atom stereocenters. The molecule has 0 aliphatic carbocycles. The number of rotatable bonds is 6. The number of phenols is 1. The predicted molar refractivity (Wildman–Crippen MR) is 129 cm³/mol. The Kier molecular flexibility index (Phi) is 7.23. The van der Waals surface area contributed by atoms with Crippen molar-refractivity contribution in [2.75, 3.05) is 19.1 Å². The molecule has 0 spiro atoms. The molecule has 0 aromatic heterocycles. The van der Waals surface area contributed by atoms with Crippen molar-refractivity contribution in [1.29, 1.82) is 0 Å². The minimum atomic E-state index is -1.16. The lowest BCUT2D eigenvalue weighted by Gasteiger charge is -2.23. The van der Waals surface area contributed by atoms with Crippen LogP contribution in [0, 0.1) is 5.82 Å². The van der Waals surface area contributed by atoms with E-state index in [1.165, 1.54) is 24.1 Å². The fourth-order valence-corrected chi connectivity index (χ4v) is 4.28. The number of carbonyl (C=O) groups is 2. The highest BCUT2D eigenvalue weighted by Gasteiger charge is 2.37. The van der Waals surface area contributed by atoms with Crippen molar-refractivity contribution in [3.05, 3.63) is 88.2 Å². The van der Waals surface area contributed by atoms with Gasteiger partial charge in [0.2, 0.25) is 5.91 Å². The monoisotopic (exact) mass is 498 g/mol. The number of carbonyl (C=O) groups excluding carboxylic acids is 2. The number of likely N-dealkylation sites (N-methyl/N-ethyl adjacent to an activating group) is 1. The van der Waals surface area contributed by atoms with Gasteiger partial charge in [-0.25, -0.2) is 4.39 Å². The topological polar surface area (TPSA) is 88.1 Å². The van der Waals surface area contributed by atoms with Crippen LogP contribution in [0.2, 0.25) is 5.02 Å². The summed E-state index contributed by atoms with van der Waals surface area (Å²) in [7, 11) is 3.00. The molecular formula is C26H24ClFN2O5. The van der Waals surface area contributed by atoms with Gasteiger partial charge in [-0.2, -0.15) is 0 Å². The molecule has 3 aromatic carbocycles. The summed E-state index contributed by atoms with van der Waals surface area (Å²) in [4.78, 5) is 27.5. The van der Waals surface area contributed by atoms with Crippen molar-refractivity contribution >= 4 is 29.1 Å². The van der Waals surface area contributed by atoms with Crippen LogP contribution in [0.4, 0.5) is 10.1 Å². The molecule has 2 amide bonds. The van der Waals surface area contributed by atoms with Gasteiger partial charge in [-0.3, -0.25) is 9.59 Å². The van der Waals surface area contributed by atoms with E-state index in [4.69, 9.17) is 21.1 Å². The predicted octanol–water partition coefficient (Wildman–Crippen LogP) is 4.35. The fraction of sp³-hybridized carbons (Fsp3) is 0.231. The van der Waals surface area contributed by atoms with Crippen LogP contribution in [0.1, 0.15) is 29.2 Å². The van der Waals surface area contributed by atoms with Crippen LogP contribution >= 0.6 is 11.6 Å². The molecule has 0 saturated carbocycles. The van der Waals surface area contributed by atoms with Gasteiger partial charge in [0.1, 0.15) is 18.0 Å². The van der Waals surface area contributed by atoms with Crippen LogP contribution in [0.5, 0.6) is 11.5 Å². The van der Waals surface area contributed by atoms with Gasteiger partial charge >= 0.3 is 0 Å². The van der Waals surface area contributed by atoms with Crippen LogP contribution in [0.3, 0.4) is 0 Å². The summed E-state index contributed by atoms with van der Waals surface area (Å²) >= 11 is 6.27. The molecule has 7 nitrogen and oxygen atoms in total. The Bertz CT molecular complexity index is 1270. The molecule has 9 heteroatoms. The lowest BCUT2D eigenvalue weighted by molar-refractivity contribution is -0.137. The third kappa shape index (κ3) is 5.08. The van der Waals surface area contributed by atoms with E-state index in [0.29, 0.717) is 27.4 Å². The molecular weight excluding hydrogens is 475 g/mol. The summed E-state index contributed by atoms with van der Waals surface area (Å²) in [6.07, 6.45) is -2.33. The van der Waals surface area contributed by atoms with Gasteiger partial charge in [-0.1, -0.05) is 41.9 Å². The zero-order chi connectivity index (χ0) is 25.1. The number of fused-ring (bicyclic) bond motifs is 1. The number of ether oxygens (including phenoxy) is 2. The van der Waals surface area contributed by atoms with E-state index in [1.54, 1.807) is 55.6 Å². The first-order valence-electron chi connectivity index (χ1n) is 10.9. The molecule has 1 aliphatic rings.